The van der Waals surface area contributed by atoms with Crippen LogP contribution in [-0.2, 0) is 0 Å². The molecule has 0 aromatic heterocycles. The van der Waals surface area contributed by atoms with Crippen molar-refractivity contribution in [2.45, 2.75) is 21.6 Å². The van der Waals surface area contributed by atoms with Gasteiger partial charge in [-0.15, -0.1) is 11.8 Å². The van der Waals surface area contributed by atoms with Gasteiger partial charge in [0.2, 0.25) is 0 Å². The second-order valence-electron chi connectivity index (χ2n) is 3.79. The molecule has 1 nitrogen and oxygen atoms in total. The topological polar surface area (TPSA) is 12.0 Å². The van der Waals surface area contributed by atoms with E-state index in [0.717, 1.165) is 5.75 Å². The summed E-state index contributed by atoms with van der Waals surface area (Å²) in [6.07, 6.45) is 0. The van der Waals surface area contributed by atoms with Crippen molar-refractivity contribution in [3.8, 4) is 0 Å². The van der Waals surface area contributed by atoms with Crippen molar-refractivity contribution in [1.82, 2.24) is 0 Å². The van der Waals surface area contributed by atoms with Gasteiger partial charge in [-0.2, -0.15) is 0 Å². The van der Waals surface area contributed by atoms with Crippen molar-refractivity contribution in [2.24, 2.45) is 0 Å². The van der Waals surface area contributed by atoms with E-state index in [1.807, 2.05) is 23.5 Å². The maximum atomic E-state index is 3.55. The second-order valence-corrected chi connectivity index (χ2v) is 6.18. The summed E-state index contributed by atoms with van der Waals surface area (Å²) < 4.78 is 0. The van der Waals surface area contributed by atoms with E-state index in [-0.39, 0.29) is 0 Å². The molecule has 1 aliphatic heterocycles. The summed E-state index contributed by atoms with van der Waals surface area (Å²) in [5, 5.41) is 3.55. The number of hydrogen-bond donors (Lipinski definition) is 1. The van der Waals surface area contributed by atoms with Crippen LogP contribution in [0.3, 0.4) is 0 Å². The van der Waals surface area contributed by atoms with Gasteiger partial charge in [-0.05, 0) is 30.0 Å². The largest absolute Gasteiger partial charge is 0.353 e. The first-order valence-corrected chi connectivity index (χ1v) is 7.48. The lowest BCUT2D eigenvalue weighted by atomic mass is 10.2. The molecule has 0 spiro atoms. The molecular formula is C14H13NS2. The molecule has 0 atom stereocenters. The number of fused-ring (bicyclic) bond motifs is 2. The second kappa shape index (κ2) is 4.67. The molecule has 0 unspecified atom stereocenters. The van der Waals surface area contributed by atoms with E-state index in [9.17, 15) is 0 Å². The van der Waals surface area contributed by atoms with Crippen LogP contribution in [0.1, 0.15) is 6.92 Å². The highest BCUT2D eigenvalue weighted by molar-refractivity contribution is 8.00. The van der Waals surface area contributed by atoms with Crippen molar-refractivity contribution in [1.29, 1.82) is 0 Å². The van der Waals surface area contributed by atoms with Gasteiger partial charge in [0.25, 0.3) is 0 Å². The van der Waals surface area contributed by atoms with Crippen LogP contribution in [-0.4, -0.2) is 5.75 Å². The lowest BCUT2D eigenvalue weighted by Gasteiger charge is -2.22. The predicted octanol–water partition coefficient (Wildman–Crippen LogP) is 5.01. The van der Waals surface area contributed by atoms with E-state index in [1.165, 1.54) is 26.1 Å². The minimum Gasteiger partial charge on any atom is -0.353 e. The molecule has 2 aromatic rings. The molecular weight excluding hydrogens is 246 g/mol. The van der Waals surface area contributed by atoms with Gasteiger partial charge in [-0.3, -0.25) is 0 Å². The van der Waals surface area contributed by atoms with Crippen LogP contribution in [0, 0.1) is 0 Å². The van der Waals surface area contributed by atoms with Gasteiger partial charge < -0.3 is 5.32 Å². The highest BCUT2D eigenvalue weighted by Crippen LogP contribution is 2.47. The molecule has 3 heteroatoms. The number of thioether (sulfide) groups is 1. The monoisotopic (exact) mass is 259 g/mol. The Morgan fingerprint density at radius 3 is 2.76 bits per heavy atom. The molecule has 0 radical (unpaired) electrons. The summed E-state index contributed by atoms with van der Waals surface area (Å²) in [7, 11) is 0. The number of para-hydroxylation sites is 2. The Bertz CT molecular complexity index is 552. The smallest absolute Gasteiger partial charge is 0.0664 e. The van der Waals surface area contributed by atoms with E-state index in [2.05, 4.69) is 54.7 Å². The summed E-state index contributed by atoms with van der Waals surface area (Å²) in [6.45, 7) is 2.19. The summed E-state index contributed by atoms with van der Waals surface area (Å²) in [4.78, 5) is 3.97. The molecule has 0 aliphatic carbocycles. The maximum absolute atomic E-state index is 3.55. The summed E-state index contributed by atoms with van der Waals surface area (Å²) in [5.74, 6) is 1.10. The van der Waals surface area contributed by atoms with E-state index in [4.69, 9.17) is 0 Å². The molecule has 1 aliphatic rings. The Morgan fingerprint density at radius 2 is 1.88 bits per heavy atom. The molecule has 0 fully saturated rings. The zero-order valence-electron chi connectivity index (χ0n) is 9.57. The summed E-state index contributed by atoms with van der Waals surface area (Å²) in [5.41, 5.74) is 2.48. The van der Waals surface area contributed by atoms with Gasteiger partial charge in [-0.25, -0.2) is 0 Å². The normalized spacial score (nSPS) is 12.5. The molecule has 17 heavy (non-hydrogen) atoms. The fourth-order valence-electron chi connectivity index (χ4n) is 1.91. The van der Waals surface area contributed by atoms with E-state index in [0.29, 0.717) is 0 Å². The number of benzene rings is 2. The van der Waals surface area contributed by atoms with Crippen molar-refractivity contribution >= 4 is 34.9 Å². The standard InChI is InChI=1S/C14H13NS2/c1-2-16-12-8-5-9-13-14(12)15-10-6-3-4-7-11(10)17-13/h3-9,15H,2H2,1H3. The van der Waals surface area contributed by atoms with Crippen molar-refractivity contribution in [2.75, 3.05) is 11.1 Å². The fourth-order valence-corrected chi connectivity index (χ4v) is 3.79. The van der Waals surface area contributed by atoms with Crippen LogP contribution in [0.4, 0.5) is 11.4 Å². The number of nitrogens with one attached hydrogen (secondary N) is 1. The molecule has 1 heterocycles. The fraction of sp³-hybridized carbons (Fsp3) is 0.143. The highest BCUT2D eigenvalue weighted by atomic mass is 32.2. The van der Waals surface area contributed by atoms with Gasteiger partial charge >= 0.3 is 0 Å². The number of hydrogen-bond acceptors (Lipinski definition) is 3. The third-order valence-corrected chi connectivity index (χ3v) is 4.73. The van der Waals surface area contributed by atoms with Crippen molar-refractivity contribution in [3.05, 3.63) is 42.5 Å². The Balaban J connectivity index is 2.05. The molecule has 0 saturated heterocycles. The van der Waals surface area contributed by atoms with Gasteiger partial charge in [0.05, 0.1) is 11.4 Å². The van der Waals surface area contributed by atoms with Crippen LogP contribution in [0.2, 0.25) is 0 Å². The molecule has 86 valence electrons. The Morgan fingerprint density at radius 1 is 1.06 bits per heavy atom. The number of rotatable bonds is 2. The highest BCUT2D eigenvalue weighted by Gasteiger charge is 2.17. The zero-order chi connectivity index (χ0) is 11.7. The average Bonchev–Trinajstić information content (AvgIpc) is 2.37. The van der Waals surface area contributed by atoms with Crippen LogP contribution in [0.5, 0.6) is 0 Å². The predicted molar refractivity (Wildman–Crippen MR) is 76.7 cm³/mol. The third kappa shape index (κ3) is 2.05. The Kier molecular flexibility index (Phi) is 3.04. The van der Waals surface area contributed by atoms with Crippen LogP contribution in [0.15, 0.2) is 57.2 Å². The molecule has 0 saturated carbocycles. The van der Waals surface area contributed by atoms with Crippen molar-refractivity contribution in [3.63, 3.8) is 0 Å². The van der Waals surface area contributed by atoms with Gasteiger partial charge in [0, 0.05) is 14.7 Å². The van der Waals surface area contributed by atoms with Crippen molar-refractivity contribution < 1.29 is 0 Å². The van der Waals surface area contributed by atoms with Crippen LogP contribution in [0.25, 0.3) is 0 Å². The quantitative estimate of drug-likeness (QED) is 0.650. The molecule has 0 amide bonds. The lowest BCUT2D eigenvalue weighted by Crippen LogP contribution is -2.00. The van der Waals surface area contributed by atoms with Crippen LogP contribution < -0.4 is 5.32 Å². The van der Waals surface area contributed by atoms with Gasteiger partial charge in [0.1, 0.15) is 0 Å². The van der Waals surface area contributed by atoms with E-state index in [1.54, 1.807) is 0 Å². The first-order chi connectivity index (χ1) is 8.38. The molecule has 1 N–H and O–H groups in total. The Hall–Kier alpha value is -1.06. The van der Waals surface area contributed by atoms with Gasteiger partial charge in [0.15, 0.2) is 0 Å². The maximum Gasteiger partial charge on any atom is 0.0664 e. The molecule has 2 aromatic carbocycles. The number of anilines is 2. The van der Waals surface area contributed by atoms with Crippen LogP contribution >= 0.6 is 23.5 Å². The SMILES string of the molecule is CCSc1cccc2c1Nc1ccccc1S2. The minimum absolute atomic E-state index is 1.10. The first kappa shape index (κ1) is 11.1. The first-order valence-electron chi connectivity index (χ1n) is 5.68. The third-order valence-electron chi connectivity index (χ3n) is 2.65. The minimum atomic E-state index is 1.10. The average molecular weight is 259 g/mol. The zero-order valence-corrected chi connectivity index (χ0v) is 11.2. The van der Waals surface area contributed by atoms with E-state index >= 15 is 0 Å². The summed E-state index contributed by atoms with van der Waals surface area (Å²) in [6, 6.07) is 15.0. The lowest BCUT2D eigenvalue weighted by molar-refractivity contribution is 1.25. The van der Waals surface area contributed by atoms with Gasteiger partial charge in [-0.1, -0.05) is 36.9 Å². The molecule has 0 bridgehead atoms. The summed E-state index contributed by atoms with van der Waals surface area (Å²) >= 11 is 3.74. The molecule has 3 rings (SSSR count). The Labute approximate surface area is 110 Å². The van der Waals surface area contributed by atoms with E-state index < -0.39 is 0 Å².